The van der Waals surface area contributed by atoms with Crippen molar-refractivity contribution < 1.29 is 23.9 Å². The van der Waals surface area contributed by atoms with Crippen molar-refractivity contribution in [1.82, 2.24) is 16.0 Å². The molecule has 1 saturated heterocycles. The number of halogens is 1. The van der Waals surface area contributed by atoms with Crippen LogP contribution in [0.15, 0.2) is 24.3 Å². The Labute approximate surface area is 205 Å². The second-order valence-electron chi connectivity index (χ2n) is 9.25. The summed E-state index contributed by atoms with van der Waals surface area (Å²) in [5.74, 6) is -0.312. The number of alkyl carbamates (subject to hydrolysis) is 1. The Kier molecular flexibility index (Phi) is 10.2. The number of hydrogen-bond donors (Lipinski definition) is 3. The van der Waals surface area contributed by atoms with E-state index in [0.717, 1.165) is 24.8 Å². The summed E-state index contributed by atoms with van der Waals surface area (Å²) in [5.41, 5.74) is 0.738. The van der Waals surface area contributed by atoms with Gasteiger partial charge in [-0.15, -0.1) is 0 Å². The predicted octanol–water partition coefficient (Wildman–Crippen LogP) is 3.51. The molecule has 34 heavy (non-hydrogen) atoms. The number of aldehydes is 1. The van der Waals surface area contributed by atoms with Gasteiger partial charge in [-0.05, 0) is 49.3 Å². The first-order valence-corrected chi connectivity index (χ1v) is 12.5. The zero-order chi connectivity index (χ0) is 24.3. The number of ether oxygens (including phenoxy) is 1. The first-order valence-electron chi connectivity index (χ1n) is 12.2. The molecule has 1 heterocycles. The molecule has 1 aromatic carbocycles. The molecule has 3 N–H and O–H groups in total. The van der Waals surface area contributed by atoms with E-state index in [9.17, 15) is 19.2 Å². The molecule has 3 amide bonds. The minimum absolute atomic E-state index is 0.0249. The van der Waals surface area contributed by atoms with Crippen LogP contribution < -0.4 is 16.0 Å². The topological polar surface area (TPSA) is 114 Å². The summed E-state index contributed by atoms with van der Waals surface area (Å²) in [6.45, 7) is 0.601. The van der Waals surface area contributed by atoms with Gasteiger partial charge < -0.3 is 25.5 Å². The van der Waals surface area contributed by atoms with Gasteiger partial charge >= 0.3 is 6.09 Å². The quantitative estimate of drug-likeness (QED) is 0.410. The largest absolute Gasteiger partial charge is 0.445 e. The highest BCUT2D eigenvalue weighted by Crippen LogP contribution is 2.28. The standard InChI is InChI=1S/C25H34ClN3O5/c26-20-8-4-7-18(13-20)16-34-25(33)29-22(10-9-17-5-2-1-3-6-17)24(32)28-21(15-30)14-19-11-12-27-23(19)31/h4,7-8,13,15,17,19,21-22H,1-3,5-6,9-12,14,16H2,(H,27,31)(H,28,32)(H,29,33)/t19-,21-,22-/m0/s1. The van der Waals surface area contributed by atoms with Gasteiger partial charge in [0, 0.05) is 17.5 Å². The van der Waals surface area contributed by atoms with Crippen LogP contribution in [0.3, 0.4) is 0 Å². The van der Waals surface area contributed by atoms with Crippen LogP contribution in [0.25, 0.3) is 0 Å². The predicted molar refractivity (Wildman–Crippen MR) is 128 cm³/mol. The Morgan fingerprint density at radius 3 is 2.65 bits per heavy atom. The van der Waals surface area contributed by atoms with E-state index in [4.69, 9.17) is 16.3 Å². The van der Waals surface area contributed by atoms with Gasteiger partial charge in [-0.2, -0.15) is 0 Å². The summed E-state index contributed by atoms with van der Waals surface area (Å²) in [7, 11) is 0. The number of carbonyl (C=O) groups is 4. The normalized spacial score (nSPS) is 20.1. The Morgan fingerprint density at radius 1 is 1.18 bits per heavy atom. The minimum atomic E-state index is -0.825. The summed E-state index contributed by atoms with van der Waals surface area (Å²) in [5, 5.41) is 8.67. The number of hydrogen-bond acceptors (Lipinski definition) is 5. The van der Waals surface area contributed by atoms with E-state index in [2.05, 4.69) is 16.0 Å². The molecule has 3 rings (SSSR count). The van der Waals surface area contributed by atoms with Crippen LogP contribution in [-0.4, -0.2) is 42.8 Å². The zero-order valence-electron chi connectivity index (χ0n) is 19.4. The fourth-order valence-electron chi connectivity index (χ4n) is 4.71. The SMILES string of the molecule is O=C[C@H](C[C@@H]1CCNC1=O)NC(=O)[C@H](CCC1CCCCC1)NC(=O)OCc1cccc(Cl)c1. The van der Waals surface area contributed by atoms with E-state index >= 15 is 0 Å². The Balaban J connectivity index is 1.57. The summed E-state index contributed by atoms with van der Waals surface area (Å²) in [6.07, 6.45) is 7.96. The van der Waals surface area contributed by atoms with Gasteiger partial charge in [-0.25, -0.2) is 4.79 Å². The van der Waals surface area contributed by atoms with E-state index in [0.29, 0.717) is 36.6 Å². The molecular formula is C25H34ClN3O5. The molecule has 1 aromatic rings. The first-order chi connectivity index (χ1) is 16.4. The number of carbonyl (C=O) groups excluding carboxylic acids is 4. The molecular weight excluding hydrogens is 458 g/mol. The van der Waals surface area contributed by atoms with Crippen molar-refractivity contribution in [1.29, 1.82) is 0 Å². The molecule has 1 saturated carbocycles. The highest BCUT2D eigenvalue weighted by atomic mass is 35.5. The van der Waals surface area contributed by atoms with Crippen molar-refractivity contribution in [2.75, 3.05) is 6.54 Å². The van der Waals surface area contributed by atoms with Crippen molar-refractivity contribution >= 4 is 35.8 Å². The Morgan fingerprint density at radius 2 is 1.97 bits per heavy atom. The number of benzene rings is 1. The maximum Gasteiger partial charge on any atom is 0.408 e. The van der Waals surface area contributed by atoms with Crippen LogP contribution in [0.4, 0.5) is 4.79 Å². The lowest BCUT2D eigenvalue weighted by Crippen LogP contribution is -2.50. The molecule has 0 unspecified atom stereocenters. The summed E-state index contributed by atoms with van der Waals surface area (Å²) in [4.78, 5) is 49.0. The first kappa shape index (κ1) is 26.0. The monoisotopic (exact) mass is 491 g/mol. The van der Waals surface area contributed by atoms with Gasteiger partial charge in [0.2, 0.25) is 11.8 Å². The van der Waals surface area contributed by atoms with Crippen LogP contribution in [0.5, 0.6) is 0 Å². The number of amides is 3. The van der Waals surface area contributed by atoms with Crippen molar-refractivity contribution in [2.45, 2.75) is 76.5 Å². The average molecular weight is 492 g/mol. The average Bonchev–Trinajstić information content (AvgIpc) is 3.24. The molecule has 0 spiro atoms. The third-order valence-corrected chi connectivity index (χ3v) is 6.88. The van der Waals surface area contributed by atoms with E-state index in [-0.39, 0.29) is 24.9 Å². The van der Waals surface area contributed by atoms with Gasteiger partial charge in [0.05, 0.1) is 6.04 Å². The third kappa shape index (κ3) is 8.31. The van der Waals surface area contributed by atoms with Crippen LogP contribution in [0, 0.1) is 11.8 Å². The van der Waals surface area contributed by atoms with E-state index in [1.165, 1.54) is 19.3 Å². The van der Waals surface area contributed by atoms with Crippen LogP contribution in [-0.2, 0) is 25.7 Å². The van der Waals surface area contributed by atoms with E-state index < -0.39 is 24.1 Å². The van der Waals surface area contributed by atoms with Crippen LogP contribution in [0.2, 0.25) is 5.02 Å². The van der Waals surface area contributed by atoms with Gasteiger partial charge in [0.1, 0.15) is 18.9 Å². The lowest BCUT2D eigenvalue weighted by Gasteiger charge is -2.25. The Bertz CT molecular complexity index is 859. The summed E-state index contributed by atoms with van der Waals surface area (Å²) < 4.78 is 5.30. The molecule has 2 aliphatic rings. The second kappa shape index (κ2) is 13.3. The third-order valence-electron chi connectivity index (χ3n) is 6.65. The highest BCUT2D eigenvalue weighted by molar-refractivity contribution is 6.30. The maximum absolute atomic E-state index is 13.0. The van der Waals surface area contributed by atoms with Crippen molar-refractivity contribution in [3.8, 4) is 0 Å². The van der Waals surface area contributed by atoms with Gasteiger partial charge in [-0.1, -0.05) is 55.8 Å². The molecule has 8 nitrogen and oxygen atoms in total. The molecule has 0 aromatic heterocycles. The van der Waals surface area contributed by atoms with Gasteiger partial charge in [-0.3, -0.25) is 9.59 Å². The molecule has 186 valence electrons. The lowest BCUT2D eigenvalue weighted by molar-refractivity contribution is -0.127. The molecule has 9 heteroatoms. The number of rotatable bonds is 11. The lowest BCUT2D eigenvalue weighted by atomic mass is 9.85. The van der Waals surface area contributed by atoms with Crippen LogP contribution in [0.1, 0.15) is 63.4 Å². The fraction of sp³-hybridized carbons (Fsp3) is 0.600. The van der Waals surface area contributed by atoms with Crippen molar-refractivity contribution in [3.63, 3.8) is 0 Å². The van der Waals surface area contributed by atoms with Gasteiger partial charge in [0.25, 0.3) is 0 Å². The van der Waals surface area contributed by atoms with Gasteiger partial charge in [0.15, 0.2) is 0 Å². The molecule has 0 radical (unpaired) electrons. The maximum atomic E-state index is 13.0. The van der Waals surface area contributed by atoms with E-state index in [1.54, 1.807) is 24.3 Å². The minimum Gasteiger partial charge on any atom is -0.445 e. The molecule has 0 bridgehead atoms. The zero-order valence-corrected chi connectivity index (χ0v) is 20.1. The highest BCUT2D eigenvalue weighted by Gasteiger charge is 2.30. The fourth-order valence-corrected chi connectivity index (χ4v) is 4.93. The number of nitrogens with one attached hydrogen (secondary N) is 3. The molecule has 3 atom stereocenters. The smallest absolute Gasteiger partial charge is 0.408 e. The summed E-state index contributed by atoms with van der Waals surface area (Å²) >= 11 is 5.97. The molecule has 1 aliphatic heterocycles. The van der Waals surface area contributed by atoms with Crippen molar-refractivity contribution in [3.05, 3.63) is 34.9 Å². The van der Waals surface area contributed by atoms with E-state index in [1.807, 2.05) is 0 Å². The Hall–Kier alpha value is -2.61. The molecule has 2 fully saturated rings. The molecule has 1 aliphatic carbocycles. The van der Waals surface area contributed by atoms with Crippen molar-refractivity contribution in [2.24, 2.45) is 11.8 Å². The van der Waals surface area contributed by atoms with Crippen LogP contribution >= 0.6 is 11.6 Å². The second-order valence-corrected chi connectivity index (χ2v) is 9.68. The summed E-state index contributed by atoms with van der Waals surface area (Å²) in [6, 6.07) is 5.38.